The minimum atomic E-state index is -4.09. The second kappa shape index (κ2) is 7.35. The average Bonchev–Trinajstić information content (AvgIpc) is 2.02. The highest BCUT2D eigenvalue weighted by atomic mass is 35.5. The van der Waals surface area contributed by atoms with Crippen molar-refractivity contribution < 1.29 is 13.2 Å². The van der Waals surface area contributed by atoms with Crippen LogP contribution >= 0.6 is 11.6 Å². The Kier molecular flexibility index (Phi) is 7.37. The van der Waals surface area contributed by atoms with E-state index >= 15 is 0 Å². The van der Waals surface area contributed by atoms with Crippen molar-refractivity contribution in [3.05, 3.63) is 0 Å². The maximum Gasteiger partial charge on any atom is 0.401 e. The number of unbranched alkanes of at least 4 members (excludes halogenated alkanes) is 1. The minimum Gasteiger partial charge on any atom is -0.295 e. The van der Waals surface area contributed by atoms with Gasteiger partial charge in [-0.3, -0.25) is 4.90 Å². The zero-order chi connectivity index (χ0) is 11.0. The Morgan fingerprint density at radius 1 is 1.14 bits per heavy atom. The molecule has 0 saturated heterocycles. The summed E-state index contributed by atoms with van der Waals surface area (Å²) in [4.78, 5) is 1.44. The van der Waals surface area contributed by atoms with E-state index in [-0.39, 0.29) is 0 Å². The molecule has 0 bridgehead atoms. The number of hydrogen-bond donors (Lipinski definition) is 0. The molecular weight excluding hydrogens is 215 g/mol. The molecule has 0 saturated carbocycles. The van der Waals surface area contributed by atoms with Gasteiger partial charge in [-0.1, -0.05) is 6.92 Å². The fourth-order valence-electron chi connectivity index (χ4n) is 1.27. The predicted octanol–water partition coefficient (Wildman–Crippen LogP) is 3.28. The second-order valence-corrected chi connectivity index (χ2v) is 3.67. The summed E-state index contributed by atoms with van der Waals surface area (Å²) in [5.41, 5.74) is 0. The van der Waals surface area contributed by atoms with Gasteiger partial charge in [-0.2, -0.15) is 13.2 Å². The van der Waals surface area contributed by atoms with E-state index in [0.717, 1.165) is 19.3 Å². The normalized spacial score (nSPS) is 12.4. The predicted molar refractivity (Wildman–Crippen MR) is 52.7 cm³/mol. The first-order chi connectivity index (χ1) is 6.49. The van der Waals surface area contributed by atoms with E-state index in [4.69, 9.17) is 11.6 Å². The highest BCUT2D eigenvalue weighted by molar-refractivity contribution is 6.17. The molecule has 1 nitrogen and oxygen atoms in total. The highest BCUT2D eigenvalue weighted by Crippen LogP contribution is 2.16. The molecular formula is C9H17ClF3N. The zero-order valence-electron chi connectivity index (χ0n) is 8.41. The summed E-state index contributed by atoms with van der Waals surface area (Å²) in [6.45, 7) is 2.07. The molecule has 0 rings (SSSR count). The molecule has 14 heavy (non-hydrogen) atoms. The van der Waals surface area contributed by atoms with Crippen LogP contribution in [-0.4, -0.2) is 36.6 Å². The topological polar surface area (TPSA) is 3.24 Å². The molecule has 86 valence electrons. The average molecular weight is 232 g/mol. The Labute approximate surface area is 88.2 Å². The van der Waals surface area contributed by atoms with Crippen molar-refractivity contribution in [3.63, 3.8) is 0 Å². The van der Waals surface area contributed by atoms with Gasteiger partial charge in [-0.25, -0.2) is 0 Å². The fourth-order valence-corrected chi connectivity index (χ4v) is 1.46. The Morgan fingerprint density at radius 3 is 2.21 bits per heavy atom. The van der Waals surface area contributed by atoms with Crippen LogP contribution in [0.15, 0.2) is 0 Å². The smallest absolute Gasteiger partial charge is 0.295 e. The quantitative estimate of drug-likeness (QED) is 0.480. The third-order valence-corrected chi connectivity index (χ3v) is 2.07. The highest BCUT2D eigenvalue weighted by Gasteiger charge is 2.29. The van der Waals surface area contributed by atoms with Gasteiger partial charge in [0.1, 0.15) is 0 Å². The lowest BCUT2D eigenvalue weighted by atomic mass is 10.3. The van der Waals surface area contributed by atoms with Crippen LogP contribution in [0.1, 0.15) is 26.2 Å². The molecule has 0 spiro atoms. The first kappa shape index (κ1) is 14.0. The van der Waals surface area contributed by atoms with Gasteiger partial charge < -0.3 is 0 Å². The van der Waals surface area contributed by atoms with Gasteiger partial charge in [0.05, 0.1) is 6.54 Å². The van der Waals surface area contributed by atoms with E-state index in [1.165, 1.54) is 4.90 Å². The molecule has 0 unspecified atom stereocenters. The largest absolute Gasteiger partial charge is 0.401 e. The zero-order valence-corrected chi connectivity index (χ0v) is 9.16. The standard InChI is InChI=1S/C9H17ClF3N/c1-2-6-14(7-4-3-5-10)8-9(11,12)13/h2-8H2,1H3. The summed E-state index contributed by atoms with van der Waals surface area (Å²) < 4.78 is 36.2. The Bertz CT molecular complexity index is 139. The molecule has 0 amide bonds. The number of alkyl halides is 4. The van der Waals surface area contributed by atoms with Gasteiger partial charge in [0, 0.05) is 5.88 Å². The lowest BCUT2D eigenvalue weighted by Crippen LogP contribution is -2.35. The monoisotopic (exact) mass is 231 g/mol. The fraction of sp³-hybridized carbons (Fsp3) is 1.00. The summed E-state index contributed by atoms with van der Waals surface area (Å²) in [5.74, 6) is 0.520. The van der Waals surface area contributed by atoms with E-state index in [0.29, 0.717) is 19.0 Å². The molecule has 0 aromatic carbocycles. The summed E-state index contributed by atoms with van der Waals surface area (Å²) in [5, 5.41) is 0. The van der Waals surface area contributed by atoms with Gasteiger partial charge in [0.2, 0.25) is 0 Å². The van der Waals surface area contributed by atoms with Crippen LogP contribution in [0, 0.1) is 0 Å². The molecule has 0 aromatic heterocycles. The molecule has 0 fully saturated rings. The molecule has 0 N–H and O–H groups in total. The maximum absolute atomic E-state index is 12.1. The first-order valence-electron chi connectivity index (χ1n) is 4.84. The Balaban J connectivity index is 3.77. The molecule has 0 aliphatic heterocycles. The van der Waals surface area contributed by atoms with Crippen LogP contribution in [0.2, 0.25) is 0 Å². The van der Waals surface area contributed by atoms with Gasteiger partial charge in [0.15, 0.2) is 0 Å². The Hall–Kier alpha value is 0.0400. The third-order valence-electron chi connectivity index (χ3n) is 1.80. The lowest BCUT2D eigenvalue weighted by molar-refractivity contribution is -0.146. The second-order valence-electron chi connectivity index (χ2n) is 3.29. The minimum absolute atomic E-state index is 0.486. The molecule has 0 radical (unpaired) electrons. The van der Waals surface area contributed by atoms with Crippen molar-refractivity contribution in [2.24, 2.45) is 0 Å². The van der Waals surface area contributed by atoms with Crippen molar-refractivity contribution in [1.29, 1.82) is 0 Å². The molecule has 0 aliphatic rings. The van der Waals surface area contributed by atoms with E-state index in [2.05, 4.69) is 0 Å². The van der Waals surface area contributed by atoms with Gasteiger partial charge in [0.25, 0.3) is 0 Å². The summed E-state index contributed by atoms with van der Waals surface area (Å²) in [6, 6.07) is 0. The van der Waals surface area contributed by atoms with Crippen molar-refractivity contribution in [2.75, 3.05) is 25.5 Å². The van der Waals surface area contributed by atoms with Gasteiger partial charge >= 0.3 is 6.18 Å². The van der Waals surface area contributed by atoms with Crippen molar-refractivity contribution in [1.82, 2.24) is 4.90 Å². The van der Waals surface area contributed by atoms with E-state index < -0.39 is 12.7 Å². The molecule has 0 heterocycles. The number of rotatable bonds is 7. The third kappa shape index (κ3) is 8.63. The van der Waals surface area contributed by atoms with Gasteiger partial charge in [-0.05, 0) is 32.4 Å². The number of halogens is 4. The van der Waals surface area contributed by atoms with Crippen LogP contribution in [0.5, 0.6) is 0 Å². The van der Waals surface area contributed by atoms with Crippen molar-refractivity contribution in [3.8, 4) is 0 Å². The maximum atomic E-state index is 12.1. The molecule has 0 aliphatic carbocycles. The van der Waals surface area contributed by atoms with E-state index in [1.807, 2.05) is 6.92 Å². The van der Waals surface area contributed by atoms with Gasteiger partial charge in [-0.15, -0.1) is 11.6 Å². The SMILES string of the molecule is CCCN(CCCCCl)CC(F)(F)F. The van der Waals surface area contributed by atoms with Crippen molar-refractivity contribution >= 4 is 11.6 Å². The van der Waals surface area contributed by atoms with Crippen LogP contribution in [0.3, 0.4) is 0 Å². The Morgan fingerprint density at radius 2 is 1.79 bits per heavy atom. The van der Waals surface area contributed by atoms with Crippen LogP contribution < -0.4 is 0 Å². The summed E-state index contributed by atoms with van der Waals surface area (Å²) in [6.07, 6.45) is -1.83. The molecule has 0 atom stereocenters. The van der Waals surface area contributed by atoms with Crippen molar-refractivity contribution in [2.45, 2.75) is 32.4 Å². The van der Waals surface area contributed by atoms with Crippen LogP contribution in [0.25, 0.3) is 0 Å². The molecule has 0 aromatic rings. The first-order valence-corrected chi connectivity index (χ1v) is 5.38. The number of hydrogen-bond acceptors (Lipinski definition) is 1. The van der Waals surface area contributed by atoms with E-state index in [9.17, 15) is 13.2 Å². The summed E-state index contributed by atoms with van der Waals surface area (Å²) in [7, 11) is 0. The lowest BCUT2D eigenvalue weighted by Gasteiger charge is -2.22. The number of nitrogens with zero attached hydrogens (tertiary/aromatic N) is 1. The molecule has 5 heteroatoms. The van der Waals surface area contributed by atoms with E-state index in [1.54, 1.807) is 0 Å². The van der Waals surface area contributed by atoms with Crippen LogP contribution in [-0.2, 0) is 0 Å². The summed E-state index contributed by atoms with van der Waals surface area (Å²) >= 11 is 5.45. The van der Waals surface area contributed by atoms with Crippen LogP contribution in [0.4, 0.5) is 13.2 Å².